The van der Waals surface area contributed by atoms with E-state index in [-0.39, 0.29) is 10.5 Å². The normalized spacial score (nSPS) is 31.8. The monoisotopic (exact) mass is 192 g/mol. The molecule has 1 aliphatic rings. The second-order valence-electron chi connectivity index (χ2n) is 2.95. The Morgan fingerprint density at radius 2 is 2.09 bits per heavy atom. The summed E-state index contributed by atoms with van der Waals surface area (Å²) < 4.78 is 0. The van der Waals surface area contributed by atoms with Gasteiger partial charge in [-0.3, -0.25) is 4.79 Å². The Kier molecular flexibility index (Phi) is 3.73. The molecule has 11 heavy (non-hydrogen) atoms. The van der Waals surface area contributed by atoms with Gasteiger partial charge in [0.1, 0.15) is 0 Å². The maximum absolute atomic E-state index is 10.8. The van der Waals surface area contributed by atoms with Crippen molar-refractivity contribution in [3.8, 4) is 0 Å². The van der Waals surface area contributed by atoms with Crippen LogP contribution in [0.3, 0.4) is 0 Å². The average molecular weight is 193 g/mol. The molecule has 0 aromatic carbocycles. The van der Waals surface area contributed by atoms with Gasteiger partial charge in [0.15, 0.2) is 5.12 Å². The molecule has 0 bridgehead atoms. The Balaban J connectivity index is 2.35. The van der Waals surface area contributed by atoms with Crippen molar-refractivity contribution in [1.29, 1.82) is 0 Å². The lowest BCUT2D eigenvalue weighted by Gasteiger charge is -2.25. The molecule has 1 nitrogen and oxygen atoms in total. The van der Waals surface area contributed by atoms with Crippen LogP contribution in [0.2, 0.25) is 0 Å². The summed E-state index contributed by atoms with van der Waals surface area (Å²) in [5.74, 6) is 0. The minimum Gasteiger partial charge on any atom is -0.288 e. The minimum atomic E-state index is 0.197. The number of carbonyl (C=O) groups is 1. The highest BCUT2D eigenvalue weighted by Crippen LogP contribution is 2.32. The maximum Gasteiger partial charge on any atom is 0.186 e. The molecule has 0 saturated heterocycles. The maximum atomic E-state index is 10.8. The van der Waals surface area contributed by atoms with Gasteiger partial charge in [0.2, 0.25) is 0 Å². The highest BCUT2D eigenvalue weighted by atomic mass is 35.5. The second-order valence-corrected chi connectivity index (χ2v) is 4.93. The van der Waals surface area contributed by atoms with Gasteiger partial charge in [-0.25, -0.2) is 0 Å². The van der Waals surface area contributed by atoms with Crippen LogP contribution in [0.25, 0.3) is 0 Å². The van der Waals surface area contributed by atoms with Crippen molar-refractivity contribution in [2.75, 3.05) is 0 Å². The van der Waals surface area contributed by atoms with E-state index >= 15 is 0 Å². The first kappa shape index (κ1) is 9.40. The summed E-state index contributed by atoms with van der Waals surface area (Å²) in [4.78, 5) is 10.8. The van der Waals surface area contributed by atoms with E-state index < -0.39 is 0 Å². The van der Waals surface area contributed by atoms with Crippen molar-refractivity contribution in [2.45, 2.75) is 43.2 Å². The number of hydrogen-bond donors (Lipinski definition) is 0. The first-order chi connectivity index (χ1) is 5.20. The molecule has 0 spiro atoms. The number of rotatable bonds is 1. The van der Waals surface area contributed by atoms with E-state index in [4.69, 9.17) is 11.6 Å². The van der Waals surface area contributed by atoms with Crippen LogP contribution in [0.5, 0.6) is 0 Å². The van der Waals surface area contributed by atoms with Crippen molar-refractivity contribution >= 4 is 28.5 Å². The molecule has 0 N–H and O–H groups in total. The molecule has 3 heteroatoms. The largest absolute Gasteiger partial charge is 0.288 e. The zero-order valence-electron chi connectivity index (χ0n) is 6.68. The van der Waals surface area contributed by atoms with E-state index in [0.29, 0.717) is 5.25 Å². The fraction of sp³-hybridized carbons (Fsp3) is 0.875. The Hall–Kier alpha value is 0.310. The predicted octanol–water partition coefficient (Wildman–Crippen LogP) is 2.82. The van der Waals surface area contributed by atoms with Gasteiger partial charge in [-0.2, -0.15) is 0 Å². The summed E-state index contributed by atoms with van der Waals surface area (Å²) in [5.41, 5.74) is 0. The van der Waals surface area contributed by atoms with Crippen LogP contribution >= 0.6 is 23.4 Å². The molecule has 1 aliphatic carbocycles. The molecule has 0 amide bonds. The van der Waals surface area contributed by atoms with Crippen LogP contribution in [-0.4, -0.2) is 15.7 Å². The molecule has 1 rings (SSSR count). The fourth-order valence-electron chi connectivity index (χ4n) is 1.40. The van der Waals surface area contributed by atoms with Crippen molar-refractivity contribution in [3.63, 3.8) is 0 Å². The highest BCUT2D eigenvalue weighted by Gasteiger charge is 2.24. The van der Waals surface area contributed by atoms with Crippen LogP contribution in [-0.2, 0) is 4.79 Å². The average Bonchev–Trinajstić information content (AvgIpc) is 1.93. The topological polar surface area (TPSA) is 17.1 Å². The number of hydrogen-bond acceptors (Lipinski definition) is 2. The first-order valence-corrected chi connectivity index (χ1v) is 5.33. The summed E-state index contributed by atoms with van der Waals surface area (Å²) in [6, 6.07) is 0. The number of alkyl halides is 1. The van der Waals surface area contributed by atoms with Gasteiger partial charge >= 0.3 is 0 Å². The van der Waals surface area contributed by atoms with E-state index in [9.17, 15) is 4.79 Å². The van der Waals surface area contributed by atoms with Gasteiger partial charge in [0.05, 0.1) is 0 Å². The summed E-state index contributed by atoms with van der Waals surface area (Å²) >= 11 is 7.47. The second kappa shape index (κ2) is 4.36. The Morgan fingerprint density at radius 1 is 1.45 bits per heavy atom. The van der Waals surface area contributed by atoms with E-state index in [1.807, 2.05) is 0 Å². The van der Waals surface area contributed by atoms with E-state index in [2.05, 4.69) is 0 Å². The highest BCUT2D eigenvalue weighted by molar-refractivity contribution is 8.14. The lowest BCUT2D eigenvalue weighted by Crippen LogP contribution is -2.23. The fourth-order valence-corrected chi connectivity index (χ4v) is 2.83. The third-order valence-corrected chi connectivity index (χ3v) is 3.81. The van der Waals surface area contributed by atoms with Gasteiger partial charge in [-0.1, -0.05) is 24.6 Å². The van der Waals surface area contributed by atoms with Crippen molar-refractivity contribution < 1.29 is 4.79 Å². The summed E-state index contributed by atoms with van der Waals surface area (Å²) in [6.45, 7) is 1.61. The first-order valence-electron chi connectivity index (χ1n) is 4.01. The van der Waals surface area contributed by atoms with Crippen LogP contribution in [0.4, 0.5) is 0 Å². The number of thioether (sulfide) groups is 1. The lowest BCUT2D eigenvalue weighted by atomic mass is 10.00. The van der Waals surface area contributed by atoms with Gasteiger partial charge in [0.25, 0.3) is 0 Å². The van der Waals surface area contributed by atoms with Crippen molar-refractivity contribution in [1.82, 2.24) is 0 Å². The third kappa shape index (κ3) is 3.04. The molecule has 1 fully saturated rings. The summed E-state index contributed by atoms with van der Waals surface area (Å²) in [5, 5.41) is 0.795. The van der Waals surface area contributed by atoms with Gasteiger partial charge in [-0.05, 0) is 12.8 Å². The molecule has 64 valence electrons. The summed E-state index contributed by atoms with van der Waals surface area (Å²) in [7, 11) is 0. The standard InChI is InChI=1S/C8H13ClOS/c1-6(10)11-8-5-3-2-4-7(8)9/h7-8H,2-5H2,1H3/t7-,8+/m1/s1. The molecule has 1 saturated carbocycles. The zero-order valence-corrected chi connectivity index (χ0v) is 8.25. The Morgan fingerprint density at radius 3 is 2.64 bits per heavy atom. The van der Waals surface area contributed by atoms with E-state index in [1.165, 1.54) is 24.6 Å². The van der Waals surface area contributed by atoms with Gasteiger partial charge in [0, 0.05) is 17.6 Å². The van der Waals surface area contributed by atoms with Crippen molar-refractivity contribution in [3.05, 3.63) is 0 Å². The van der Waals surface area contributed by atoms with Crippen LogP contribution in [0.15, 0.2) is 0 Å². The van der Waals surface area contributed by atoms with Crippen LogP contribution in [0, 0.1) is 0 Å². The quantitative estimate of drug-likeness (QED) is 0.595. The van der Waals surface area contributed by atoms with Gasteiger partial charge < -0.3 is 0 Å². The lowest BCUT2D eigenvalue weighted by molar-refractivity contribution is -0.109. The van der Waals surface area contributed by atoms with Gasteiger partial charge in [-0.15, -0.1) is 11.6 Å². The molecule has 2 atom stereocenters. The third-order valence-electron chi connectivity index (χ3n) is 1.94. The summed E-state index contributed by atoms with van der Waals surface area (Å²) in [6.07, 6.45) is 4.64. The molecular formula is C8H13ClOS. The molecule has 0 aromatic rings. The molecule has 0 aliphatic heterocycles. The van der Waals surface area contributed by atoms with E-state index in [1.54, 1.807) is 6.92 Å². The van der Waals surface area contributed by atoms with Crippen LogP contribution in [0.1, 0.15) is 32.6 Å². The molecule has 0 unspecified atom stereocenters. The van der Waals surface area contributed by atoms with Crippen LogP contribution < -0.4 is 0 Å². The van der Waals surface area contributed by atoms with Crippen molar-refractivity contribution in [2.24, 2.45) is 0 Å². The molecule has 0 heterocycles. The Bertz CT molecular complexity index is 149. The SMILES string of the molecule is CC(=O)S[C@H]1CCCC[C@H]1Cl. The molecule has 0 radical (unpaired) electrons. The molecular weight excluding hydrogens is 180 g/mol. The number of halogens is 1. The smallest absolute Gasteiger partial charge is 0.186 e. The molecule has 0 aromatic heterocycles. The Labute approximate surface area is 76.9 Å². The number of carbonyl (C=O) groups excluding carboxylic acids is 1. The zero-order chi connectivity index (χ0) is 8.27. The van der Waals surface area contributed by atoms with E-state index in [0.717, 1.165) is 12.8 Å². The minimum absolute atomic E-state index is 0.197. The predicted molar refractivity (Wildman–Crippen MR) is 50.2 cm³/mol.